The van der Waals surface area contributed by atoms with Crippen molar-refractivity contribution >= 4 is 0 Å². The van der Waals surface area contributed by atoms with Gasteiger partial charge in [-0.15, -0.1) is 0 Å². The molecule has 1 fully saturated rings. The van der Waals surface area contributed by atoms with Crippen molar-refractivity contribution in [1.82, 2.24) is 0 Å². The highest BCUT2D eigenvalue weighted by molar-refractivity contribution is 5.27. The third-order valence-corrected chi connectivity index (χ3v) is 4.55. The lowest BCUT2D eigenvalue weighted by molar-refractivity contribution is 0.0891. The van der Waals surface area contributed by atoms with Crippen LogP contribution in [0.25, 0.3) is 0 Å². The monoisotopic (exact) mass is 265 g/mol. The van der Waals surface area contributed by atoms with Crippen molar-refractivity contribution in [1.29, 1.82) is 0 Å². The number of halogens is 1. The Morgan fingerprint density at radius 3 is 2.42 bits per heavy atom. The molecule has 0 heterocycles. The van der Waals surface area contributed by atoms with Gasteiger partial charge in [-0.05, 0) is 61.6 Å². The van der Waals surface area contributed by atoms with Gasteiger partial charge in [-0.2, -0.15) is 0 Å². The van der Waals surface area contributed by atoms with Crippen LogP contribution in [-0.4, -0.2) is 17.3 Å². The fraction of sp³-hybridized carbons (Fsp3) is 0.625. The molecule has 19 heavy (non-hydrogen) atoms. The second-order valence-electron chi connectivity index (χ2n) is 5.89. The molecule has 0 aromatic heterocycles. The van der Waals surface area contributed by atoms with Crippen molar-refractivity contribution in [3.8, 4) is 0 Å². The predicted octanol–water partition coefficient (Wildman–Crippen LogP) is 3.13. The topological polar surface area (TPSA) is 46.2 Å². The Kier molecular flexibility index (Phi) is 4.58. The highest BCUT2D eigenvalue weighted by Crippen LogP contribution is 2.43. The summed E-state index contributed by atoms with van der Waals surface area (Å²) in [7, 11) is 0. The summed E-state index contributed by atoms with van der Waals surface area (Å²) in [6.07, 6.45) is 5.18. The third kappa shape index (κ3) is 3.34. The predicted molar refractivity (Wildman–Crippen MR) is 75.4 cm³/mol. The van der Waals surface area contributed by atoms with Gasteiger partial charge in [0.2, 0.25) is 0 Å². The van der Waals surface area contributed by atoms with E-state index in [0.717, 1.165) is 38.5 Å². The minimum Gasteiger partial charge on any atom is -0.393 e. The van der Waals surface area contributed by atoms with Crippen molar-refractivity contribution in [3.63, 3.8) is 0 Å². The maximum absolute atomic E-state index is 13.1. The summed E-state index contributed by atoms with van der Waals surface area (Å²) in [4.78, 5) is 0. The molecule has 0 spiro atoms. The molecule has 0 amide bonds. The normalized spacial score (nSPS) is 29.2. The SMILES string of the molecule is CCC(N)C[C@]1(c2ccc(F)cc2)CC[C@H](O)CC1. The highest BCUT2D eigenvalue weighted by atomic mass is 19.1. The largest absolute Gasteiger partial charge is 0.393 e. The zero-order valence-corrected chi connectivity index (χ0v) is 11.6. The third-order valence-electron chi connectivity index (χ3n) is 4.55. The van der Waals surface area contributed by atoms with Crippen molar-refractivity contribution in [3.05, 3.63) is 35.6 Å². The summed E-state index contributed by atoms with van der Waals surface area (Å²) in [5.74, 6) is -0.200. The van der Waals surface area contributed by atoms with Crippen LogP contribution in [0, 0.1) is 5.82 Å². The van der Waals surface area contributed by atoms with Crippen LogP contribution in [0.5, 0.6) is 0 Å². The molecular weight excluding hydrogens is 241 g/mol. The van der Waals surface area contributed by atoms with Crippen LogP contribution in [-0.2, 0) is 5.41 Å². The lowest BCUT2D eigenvalue weighted by Crippen LogP contribution is -2.39. The summed E-state index contributed by atoms with van der Waals surface area (Å²) >= 11 is 0. The smallest absolute Gasteiger partial charge is 0.123 e. The van der Waals surface area contributed by atoms with E-state index < -0.39 is 0 Å². The molecule has 0 saturated heterocycles. The molecule has 1 aromatic rings. The number of nitrogens with two attached hydrogens (primary N) is 1. The van der Waals surface area contributed by atoms with Gasteiger partial charge < -0.3 is 10.8 Å². The molecule has 3 N–H and O–H groups in total. The average molecular weight is 265 g/mol. The number of aliphatic hydroxyl groups excluding tert-OH is 1. The van der Waals surface area contributed by atoms with Crippen LogP contribution in [0.1, 0.15) is 51.0 Å². The number of hydrogen-bond donors (Lipinski definition) is 2. The van der Waals surface area contributed by atoms with Crippen molar-refractivity contribution in [2.75, 3.05) is 0 Å². The fourth-order valence-corrected chi connectivity index (χ4v) is 3.22. The lowest BCUT2D eigenvalue weighted by Gasteiger charge is -2.41. The van der Waals surface area contributed by atoms with Crippen LogP contribution in [0.3, 0.4) is 0 Å². The van der Waals surface area contributed by atoms with Crippen LogP contribution < -0.4 is 5.73 Å². The first-order chi connectivity index (χ1) is 9.05. The van der Waals surface area contributed by atoms with Gasteiger partial charge in [0.1, 0.15) is 5.82 Å². The molecule has 2 nitrogen and oxygen atoms in total. The Bertz CT molecular complexity index is 396. The minimum atomic E-state index is -0.200. The molecule has 1 aliphatic rings. The van der Waals surface area contributed by atoms with E-state index >= 15 is 0 Å². The average Bonchev–Trinajstić information content (AvgIpc) is 2.42. The molecule has 1 aliphatic carbocycles. The summed E-state index contributed by atoms with van der Waals surface area (Å²) in [5, 5.41) is 9.73. The highest BCUT2D eigenvalue weighted by Gasteiger charge is 2.37. The van der Waals surface area contributed by atoms with E-state index in [9.17, 15) is 9.50 Å². The van der Waals surface area contributed by atoms with Gasteiger partial charge in [-0.3, -0.25) is 0 Å². The Hall–Kier alpha value is -0.930. The Morgan fingerprint density at radius 1 is 1.32 bits per heavy atom. The Balaban J connectivity index is 2.25. The van der Waals surface area contributed by atoms with E-state index in [-0.39, 0.29) is 23.4 Å². The molecule has 0 aliphatic heterocycles. The quantitative estimate of drug-likeness (QED) is 0.878. The van der Waals surface area contributed by atoms with Crippen LogP contribution in [0.4, 0.5) is 4.39 Å². The molecule has 1 aromatic carbocycles. The second kappa shape index (κ2) is 6.02. The Morgan fingerprint density at radius 2 is 1.89 bits per heavy atom. The van der Waals surface area contributed by atoms with E-state index in [1.165, 1.54) is 17.7 Å². The first-order valence-corrected chi connectivity index (χ1v) is 7.25. The van der Waals surface area contributed by atoms with Gasteiger partial charge in [-0.1, -0.05) is 19.1 Å². The van der Waals surface area contributed by atoms with E-state index in [1.54, 1.807) is 0 Å². The zero-order chi connectivity index (χ0) is 13.9. The van der Waals surface area contributed by atoms with Gasteiger partial charge in [0, 0.05) is 6.04 Å². The molecular formula is C16H24FNO. The molecule has 3 heteroatoms. The molecule has 1 unspecified atom stereocenters. The summed E-state index contributed by atoms with van der Waals surface area (Å²) in [6.45, 7) is 2.10. The van der Waals surface area contributed by atoms with E-state index in [1.807, 2.05) is 12.1 Å². The lowest BCUT2D eigenvalue weighted by atomic mass is 9.65. The summed E-state index contributed by atoms with van der Waals surface area (Å²) in [5.41, 5.74) is 7.34. The molecule has 1 saturated carbocycles. The summed E-state index contributed by atoms with van der Waals surface area (Å²) in [6, 6.07) is 6.99. The molecule has 106 valence electrons. The fourth-order valence-electron chi connectivity index (χ4n) is 3.22. The standard InChI is InChI=1S/C16H24FNO/c1-2-14(18)11-16(9-7-15(19)8-10-16)12-3-5-13(17)6-4-12/h3-6,14-15,19H,2,7-11,18H2,1H3/t14?,15-,16-. The zero-order valence-electron chi connectivity index (χ0n) is 11.6. The van der Waals surface area contributed by atoms with Crippen LogP contribution >= 0.6 is 0 Å². The van der Waals surface area contributed by atoms with Gasteiger partial charge in [0.25, 0.3) is 0 Å². The summed E-state index contributed by atoms with van der Waals surface area (Å²) < 4.78 is 13.1. The number of benzene rings is 1. The van der Waals surface area contributed by atoms with E-state index in [0.29, 0.717) is 0 Å². The van der Waals surface area contributed by atoms with Gasteiger partial charge >= 0.3 is 0 Å². The van der Waals surface area contributed by atoms with Crippen molar-refractivity contribution in [2.24, 2.45) is 5.73 Å². The number of aliphatic hydroxyl groups is 1. The number of hydrogen-bond acceptors (Lipinski definition) is 2. The molecule has 0 bridgehead atoms. The van der Waals surface area contributed by atoms with Gasteiger partial charge in [-0.25, -0.2) is 4.39 Å². The minimum absolute atomic E-state index is 0.0162. The molecule has 0 radical (unpaired) electrons. The van der Waals surface area contributed by atoms with Crippen LogP contribution in [0.15, 0.2) is 24.3 Å². The van der Waals surface area contributed by atoms with Gasteiger partial charge in [0.15, 0.2) is 0 Å². The first-order valence-electron chi connectivity index (χ1n) is 7.25. The van der Waals surface area contributed by atoms with Crippen molar-refractivity contribution in [2.45, 2.75) is 63.0 Å². The molecule has 1 atom stereocenters. The molecule has 2 rings (SSSR count). The van der Waals surface area contributed by atoms with Crippen LogP contribution in [0.2, 0.25) is 0 Å². The number of rotatable bonds is 4. The Labute approximate surface area is 114 Å². The van der Waals surface area contributed by atoms with Gasteiger partial charge in [0.05, 0.1) is 6.10 Å². The van der Waals surface area contributed by atoms with Crippen molar-refractivity contribution < 1.29 is 9.50 Å². The first kappa shape index (κ1) is 14.5. The van der Waals surface area contributed by atoms with E-state index in [2.05, 4.69) is 6.92 Å². The van der Waals surface area contributed by atoms with E-state index in [4.69, 9.17) is 5.73 Å². The maximum atomic E-state index is 13.1. The second-order valence-corrected chi connectivity index (χ2v) is 5.89. The maximum Gasteiger partial charge on any atom is 0.123 e.